The van der Waals surface area contributed by atoms with Crippen LogP contribution in [0.4, 0.5) is 4.39 Å². The highest BCUT2D eigenvalue weighted by Gasteiger charge is 2.27. The summed E-state index contributed by atoms with van der Waals surface area (Å²) >= 11 is 1.34. The molecule has 1 heterocycles. The minimum absolute atomic E-state index is 0.187. The molecule has 2 atom stereocenters. The largest absolute Gasteiger partial charge is 0.490 e. The Kier molecular flexibility index (Phi) is 3.71. The zero-order chi connectivity index (χ0) is 11.5. The summed E-state index contributed by atoms with van der Waals surface area (Å²) in [7, 11) is 0. The number of benzene rings is 1. The molecule has 2 rings (SSSR count). The molecule has 1 aromatic rings. The number of hydrogen-bond donors (Lipinski definition) is 1. The fourth-order valence-corrected chi connectivity index (χ4v) is 2.69. The van der Waals surface area contributed by atoms with Crippen LogP contribution >= 0.6 is 11.9 Å². The summed E-state index contributed by atoms with van der Waals surface area (Å²) in [5.74, 6) is 1.69. The van der Waals surface area contributed by atoms with Gasteiger partial charge in [0.15, 0.2) is 0 Å². The molecule has 0 aliphatic carbocycles. The molecular weight excluding hydrogens is 225 g/mol. The molecule has 1 aromatic carbocycles. The Morgan fingerprint density at radius 1 is 1.56 bits per heavy atom. The molecule has 2 N–H and O–H groups in total. The number of rotatable bonds is 3. The first-order chi connectivity index (χ1) is 7.74. The lowest BCUT2D eigenvalue weighted by Crippen LogP contribution is -2.26. The number of fused-ring (bicyclic) bond motifs is 1. The summed E-state index contributed by atoms with van der Waals surface area (Å²) in [5.41, 5.74) is 1.09. The molecule has 0 aromatic heterocycles. The molecular formula is C12H16FNOS. The Hall–Kier alpha value is -0.740. The first-order valence-corrected chi connectivity index (χ1v) is 6.57. The van der Waals surface area contributed by atoms with Gasteiger partial charge in [0.25, 0.3) is 0 Å². The fraction of sp³-hybridized carbons (Fsp3) is 0.500. The Labute approximate surface area is 99.5 Å². The van der Waals surface area contributed by atoms with Gasteiger partial charge in [-0.25, -0.2) is 4.39 Å². The third-order valence-corrected chi connectivity index (χ3v) is 3.60. The van der Waals surface area contributed by atoms with Gasteiger partial charge in [0.2, 0.25) is 0 Å². The van der Waals surface area contributed by atoms with Crippen LogP contribution in [0.25, 0.3) is 0 Å². The number of nitrogens with two attached hydrogens (primary N) is 1. The Morgan fingerprint density at radius 3 is 3.06 bits per heavy atom. The molecule has 1 aliphatic heterocycles. The molecule has 1 aliphatic rings. The van der Waals surface area contributed by atoms with Crippen molar-refractivity contribution in [3.63, 3.8) is 0 Å². The van der Waals surface area contributed by atoms with Crippen molar-refractivity contribution in [1.82, 2.24) is 0 Å². The Bertz CT molecular complexity index is 372. The standard InChI is InChI=1S/C12H16FNOS/c1-2-10-5-8(7-16-14)11-4-3-9(13)6-12(11)15-10/h3-4,6,8,10H,2,5,7,14H2,1H3/t8-,10-/m1/s1. The highest BCUT2D eigenvalue weighted by Crippen LogP contribution is 2.38. The Morgan fingerprint density at radius 2 is 2.38 bits per heavy atom. The maximum absolute atomic E-state index is 13.1. The number of halogens is 1. The SMILES string of the molecule is CC[C@@H]1C[C@H](CSN)c2ccc(F)cc2O1. The maximum Gasteiger partial charge on any atom is 0.126 e. The molecule has 0 bridgehead atoms. The van der Waals surface area contributed by atoms with Gasteiger partial charge in [-0.15, -0.1) is 0 Å². The van der Waals surface area contributed by atoms with Gasteiger partial charge < -0.3 is 4.74 Å². The summed E-state index contributed by atoms with van der Waals surface area (Å²) in [4.78, 5) is 0. The topological polar surface area (TPSA) is 35.2 Å². The van der Waals surface area contributed by atoms with Crippen LogP contribution in [-0.4, -0.2) is 11.9 Å². The quantitative estimate of drug-likeness (QED) is 0.826. The van der Waals surface area contributed by atoms with Crippen molar-refractivity contribution < 1.29 is 9.13 Å². The molecule has 0 fully saturated rings. The molecule has 0 spiro atoms. The third kappa shape index (κ3) is 2.33. The summed E-state index contributed by atoms with van der Waals surface area (Å²) in [5, 5.41) is 5.54. The molecule has 0 unspecified atom stereocenters. The van der Waals surface area contributed by atoms with Crippen LogP contribution in [-0.2, 0) is 0 Å². The molecule has 16 heavy (non-hydrogen) atoms. The van der Waals surface area contributed by atoms with E-state index in [2.05, 4.69) is 6.92 Å². The average Bonchev–Trinajstić information content (AvgIpc) is 2.28. The lowest BCUT2D eigenvalue weighted by Gasteiger charge is -2.31. The number of ether oxygens (including phenoxy) is 1. The predicted molar refractivity (Wildman–Crippen MR) is 65.1 cm³/mol. The van der Waals surface area contributed by atoms with Gasteiger partial charge in [-0.2, -0.15) is 0 Å². The predicted octanol–water partition coefficient (Wildman–Crippen LogP) is 3.08. The normalized spacial score (nSPS) is 23.7. The van der Waals surface area contributed by atoms with Gasteiger partial charge in [0.05, 0.1) is 6.10 Å². The van der Waals surface area contributed by atoms with Crippen molar-refractivity contribution >= 4 is 11.9 Å². The highest BCUT2D eigenvalue weighted by molar-refractivity contribution is 7.97. The lowest BCUT2D eigenvalue weighted by atomic mass is 9.90. The zero-order valence-electron chi connectivity index (χ0n) is 9.28. The average molecular weight is 241 g/mol. The summed E-state index contributed by atoms with van der Waals surface area (Å²) in [6.45, 7) is 2.08. The second-order valence-corrected chi connectivity index (χ2v) is 4.76. The van der Waals surface area contributed by atoms with Crippen molar-refractivity contribution in [3.05, 3.63) is 29.6 Å². The smallest absolute Gasteiger partial charge is 0.126 e. The van der Waals surface area contributed by atoms with Crippen LogP contribution in [0.2, 0.25) is 0 Å². The molecule has 4 heteroatoms. The van der Waals surface area contributed by atoms with Gasteiger partial charge >= 0.3 is 0 Å². The van der Waals surface area contributed by atoms with Crippen LogP contribution < -0.4 is 9.88 Å². The maximum atomic E-state index is 13.1. The van der Waals surface area contributed by atoms with E-state index in [1.54, 1.807) is 0 Å². The van der Waals surface area contributed by atoms with Crippen LogP contribution in [0.3, 0.4) is 0 Å². The van der Waals surface area contributed by atoms with E-state index in [4.69, 9.17) is 9.88 Å². The summed E-state index contributed by atoms with van der Waals surface area (Å²) in [6.07, 6.45) is 2.10. The van der Waals surface area contributed by atoms with E-state index in [0.29, 0.717) is 11.7 Å². The molecule has 0 radical (unpaired) electrons. The van der Waals surface area contributed by atoms with E-state index in [1.165, 1.54) is 24.1 Å². The zero-order valence-corrected chi connectivity index (χ0v) is 10.1. The van der Waals surface area contributed by atoms with Gasteiger partial charge in [-0.3, -0.25) is 5.14 Å². The van der Waals surface area contributed by atoms with E-state index in [-0.39, 0.29) is 11.9 Å². The minimum Gasteiger partial charge on any atom is -0.490 e. The van der Waals surface area contributed by atoms with Crippen LogP contribution in [0.1, 0.15) is 31.2 Å². The lowest BCUT2D eigenvalue weighted by molar-refractivity contribution is 0.157. The molecule has 88 valence electrons. The van der Waals surface area contributed by atoms with Crippen LogP contribution in [0.5, 0.6) is 5.75 Å². The summed E-state index contributed by atoms with van der Waals surface area (Å²) in [6, 6.07) is 4.78. The van der Waals surface area contributed by atoms with E-state index in [0.717, 1.165) is 24.2 Å². The fourth-order valence-electron chi connectivity index (χ4n) is 2.14. The van der Waals surface area contributed by atoms with Gasteiger partial charge in [-0.05, 0) is 24.5 Å². The van der Waals surface area contributed by atoms with Crippen LogP contribution in [0, 0.1) is 5.82 Å². The van der Waals surface area contributed by atoms with E-state index < -0.39 is 0 Å². The second-order valence-electron chi connectivity index (χ2n) is 4.10. The van der Waals surface area contributed by atoms with Crippen LogP contribution in [0.15, 0.2) is 18.2 Å². The van der Waals surface area contributed by atoms with Gasteiger partial charge in [-0.1, -0.05) is 24.9 Å². The number of hydrogen-bond acceptors (Lipinski definition) is 3. The van der Waals surface area contributed by atoms with Crippen molar-refractivity contribution in [3.8, 4) is 5.75 Å². The van der Waals surface area contributed by atoms with E-state index in [9.17, 15) is 4.39 Å². The minimum atomic E-state index is -0.241. The summed E-state index contributed by atoms with van der Waals surface area (Å²) < 4.78 is 18.9. The van der Waals surface area contributed by atoms with Gasteiger partial charge in [0.1, 0.15) is 11.6 Å². The van der Waals surface area contributed by atoms with E-state index >= 15 is 0 Å². The monoisotopic (exact) mass is 241 g/mol. The van der Waals surface area contributed by atoms with E-state index in [1.807, 2.05) is 6.07 Å². The molecule has 0 saturated carbocycles. The molecule has 2 nitrogen and oxygen atoms in total. The third-order valence-electron chi connectivity index (χ3n) is 3.01. The second kappa shape index (κ2) is 5.06. The van der Waals surface area contributed by atoms with Gasteiger partial charge in [0, 0.05) is 17.7 Å². The first kappa shape index (κ1) is 11.7. The van der Waals surface area contributed by atoms with Crippen molar-refractivity contribution in [2.75, 3.05) is 5.75 Å². The molecule has 0 amide bonds. The highest BCUT2D eigenvalue weighted by atomic mass is 32.2. The van der Waals surface area contributed by atoms with Crippen molar-refractivity contribution in [2.24, 2.45) is 5.14 Å². The van der Waals surface area contributed by atoms with Crippen molar-refractivity contribution in [1.29, 1.82) is 0 Å². The van der Waals surface area contributed by atoms with Crippen molar-refractivity contribution in [2.45, 2.75) is 31.8 Å². The molecule has 0 saturated heterocycles. The Balaban J connectivity index is 2.30. The first-order valence-electron chi connectivity index (χ1n) is 5.52.